The quantitative estimate of drug-likeness (QED) is 0.870. The number of amides is 1. The maximum Gasteiger partial charge on any atom is 0.225 e. The van der Waals surface area contributed by atoms with Crippen molar-refractivity contribution in [2.75, 3.05) is 5.75 Å². The molecule has 6 nitrogen and oxygen atoms in total. The van der Waals surface area contributed by atoms with Crippen molar-refractivity contribution in [3.05, 3.63) is 47.8 Å². The minimum atomic E-state index is -3.20. The zero-order valence-corrected chi connectivity index (χ0v) is 14.3. The van der Waals surface area contributed by atoms with Crippen LogP contribution >= 0.6 is 0 Å². The first-order valence-corrected chi connectivity index (χ1v) is 9.06. The van der Waals surface area contributed by atoms with Crippen LogP contribution in [-0.4, -0.2) is 29.9 Å². The van der Waals surface area contributed by atoms with Gasteiger partial charge in [-0.05, 0) is 30.2 Å². The number of sulfone groups is 1. The van der Waals surface area contributed by atoms with Crippen LogP contribution in [0.3, 0.4) is 0 Å². The van der Waals surface area contributed by atoms with Crippen LogP contribution in [0.2, 0.25) is 0 Å². The molecule has 0 aliphatic heterocycles. The van der Waals surface area contributed by atoms with Crippen molar-refractivity contribution in [1.29, 1.82) is 0 Å². The summed E-state index contributed by atoms with van der Waals surface area (Å²) in [6.45, 7) is 3.48. The van der Waals surface area contributed by atoms with Crippen molar-refractivity contribution in [3.8, 4) is 0 Å². The predicted molar refractivity (Wildman–Crippen MR) is 87.6 cm³/mol. The average molecular weight is 335 g/mol. The molecule has 23 heavy (non-hydrogen) atoms. The third-order valence-corrected chi connectivity index (χ3v) is 5.37. The minimum absolute atomic E-state index is 0.0732. The fourth-order valence-electron chi connectivity index (χ4n) is 2.25. The summed E-state index contributed by atoms with van der Waals surface area (Å²) < 4.78 is 25.2. The lowest BCUT2D eigenvalue weighted by molar-refractivity contribution is -0.121. The highest BCUT2D eigenvalue weighted by Gasteiger charge is 2.14. The first-order chi connectivity index (χ1) is 10.8. The highest BCUT2D eigenvalue weighted by molar-refractivity contribution is 7.91. The molecule has 0 aliphatic rings. The van der Waals surface area contributed by atoms with Gasteiger partial charge in [0.2, 0.25) is 5.91 Å². The SMILES string of the molecule is CCS(=O)(=O)c1ccc([C@@H](C)NC(=O)Cc2cnn(C)c2)cc1. The van der Waals surface area contributed by atoms with Gasteiger partial charge in [-0.2, -0.15) is 5.10 Å². The largest absolute Gasteiger partial charge is 0.349 e. The highest BCUT2D eigenvalue weighted by Crippen LogP contribution is 2.17. The Bertz CT molecular complexity index is 779. The van der Waals surface area contributed by atoms with Gasteiger partial charge >= 0.3 is 0 Å². The van der Waals surface area contributed by atoms with E-state index in [1.807, 2.05) is 6.92 Å². The van der Waals surface area contributed by atoms with Crippen LogP contribution in [0.5, 0.6) is 0 Å². The van der Waals surface area contributed by atoms with Crippen molar-refractivity contribution in [2.24, 2.45) is 7.05 Å². The summed E-state index contributed by atoms with van der Waals surface area (Å²) in [5.41, 5.74) is 1.71. The fourth-order valence-corrected chi connectivity index (χ4v) is 3.14. The van der Waals surface area contributed by atoms with Gasteiger partial charge in [0, 0.05) is 13.2 Å². The number of hydrogen-bond donors (Lipinski definition) is 1. The molecule has 1 aromatic carbocycles. The van der Waals surface area contributed by atoms with Crippen molar-refractivity contribution in [2.45, 2.75) is 31.2 Å². The molecule has 0 saturated heterocycles. The normalized spacial score (nSPS) is 12.8. The monoisotopic (exact) mass is 335 g/mol. The van der Waals surface area contributed by atoms with Crippen molar-refractivity contribution in [1.82, 2.24) is 15.1 Å². The number of rotatable bonds is 6. The molecular weight excluding hydrogens is 314 g/mol. The number of carbonyl (C=O) groups is 1. The Morgan fingerprint density at radius 3 is 2.48 bits per heavy atom. The van der Waals surface area contributed by atoms with Crippen LogP contribution in [0.15, 0.2) is 41.6 Å². The summed E-state index contributed by atoms with van der Waals surface area (Å²) in [5.74, 6) is -0.0280. The number of aromatic nitrogens is 2. The van der Waals surface area contributed by atoms with Crippen LogP contribution in [0.25, 0.3) is 0 Å². The van der Waals surface area contributed by atoms with E-state index >= 15 is 0 Å². The summed E-state index contributed by atoms with van der Waals surface area (Å²) in [4.78, 5) is 12.3. The second-order valence-electron chi connectivity index (χ2n) is 5.46. The Kier molecular flexibility index (Phi) is 5.20. The Morgan fingerprint density at radius 2 is 1.96 bits per heavy atom. The summed E-state index contributed by atoms with van der Waals surface area (Å²) >= 11 is 0. The van der Waals surface area contributed by atoms with Gasteiger partial charge in [0.25, 0.3) is 0 Å². The molecule has 0 bridgehead atoms. The Balaban J connectivity index is 2.00. The smallest absolute Gasteiger partial charge is 0.225 e. The van der Waals surface area contributed by atoms with E-state index in [1.165, 1.54) is 0 Å². The average Bonchev–Trinajstić information content (AvgIpc) is 2.92. The van der Waals surface area contributed by atoms with Gasteiger partial charge < -0.3 is 5.32 Å². The molecule has 1 aromatic heterocycles. The number of carbonyl (C=O) groups excluding carboxylic acids is 1. The van der Waals surface area contributed by atoms with E-state index in [4.69, 9.17) is 0 Å². The lowest BCUT2D eigenvalue weighted by Gasteiger charge is -2.14. The minimum Gasteiger partial charge on any atom is -0.349 e. The molecule has 1 atom stereocenters. The van der Waals surface area contributed by atoms with Crippen LogP contribution in [0, 0.1) is 0 Å². The van der Waals surface area contributed by atoms with Crippen LogP contribution < -0.4 is 5.32 Å². The van der Waals surface area contributed by atoms with Crippen LogP contribution in [0.1, 0.15) is 31.0 Å². The Labute approximate surface area is 136 Å². The van der Waals surface area contributed by atoms with Crippen molar-refractivity contribution in [3.63, 3.8) is 0 Å². The lowest BCUT2D eigenvalue weighted by Crippen LogP contribution is -2.28. The maximum atomic E-state index is 12.0. The molecule has 0 unspecified atom stereocenters. The first-order valence-electron chi connectivity index (χ1n) is 7.41. The first kappa shape index (κ1) is 17.2. The van der Waals surface area contributed by atoms with E-state index < -0.39 is 9.84 Å². The maximum absolute atomic E-state index is 12.0. The molecule has 7 heteroatoms. The molecular formula is C16H21N3O3S. The second-order valence-corrected chi connectivity index (χ2v) is 7.74. The van der Waals surface area contributed by atoms with Crippen molar-refractivity contribution >= 4 is 15.7 Å². The molecule has 0 radical (unpaired) electrons. The molecule has 1 heterocycles. The van der Waals surface area contributed by atoms with Crippen LogP contribution in [0.4, 0.5) is 0 Å². The summed E-state index contributed by atoms with van der Waals surface area (Å²) in [5, 5.41) is 6.93. The van der Waals surface area contributed by atoms with Crippen LogP contribution in [-0.2, 0) is 28.1 Å². The van der Waals surface area contributed by atoms with Gasteiger partial charge in [0.15, 0.2) is 9.84 Å². The molecule has 2 aromatic rings. The number of benzene rings is 1. The molecule has 1 N–H and O–H groups in total. The third-order valence-electron chi connectivity index (χ3n) is 3.62. The number of nitrogens with one attached hydrogen (secondary N) is 1. The van der Waals surface area contributed by atoms with E-state index in [-0.39, 0.29) is 24.1 Å². The van der Waals surface area contributed by atoms with E-state index in [9.17, 15) is 13.2 Å². The second kappa shape index (κ2) is 6.95. The third kappa shape index (κ3) is 4.41. The molecule has 0 saturated carbocycles. The van der Waals surface area contributed by atoms with E-state index in [1.54, 1.807) is 55.3 Å². The summed E-state index contributed by atoms with van der Waals surface area (Å²) in [6.07, 6.45) is 3.73. The zero-order chi connectivity index (χ0) is 17.0. The van der Waals surface area contributed by atoms with Crippen molar-refractivity contribution < 1.29 is 13.2 Å². The summed E-state index contributed by atoms with van der Waals surface area (Å²) in [7, 11) is -1.40. The van der Waals surface area contributed by atoms with Gasteiger partial charge in [-0.15, -0.1) is 0 Å². The summed E-state index contributed by atoms with van der Waals surface area (Å²) in [6, 6.07) is 6.43. The number of aryl methyl sites for hydroxylation is 1. The lowest BCUT2D eigenvalue weighted by atomic mass is 10.1. The molecule has 0 spiro atoms. The Hall–Kier alpha value is -2.15. The molecule has 2 rings (SSSR count). The van der Waals surface area contributed by atoms with Gasteiger partial charge in [-0.25, -0.2) is 8.42 Å². The van der Waals surface area contributed by atoms with Gasteiger partial charge in [0.1, 0.15) is 0 Å². The number of hydrogen-bond acceptors (Lipinski definition) is 4. The van der Waals surface area contributed by atoms with E-state index in [0.29, 0.717) is 4.90 Å². The highest BCUT2D eigenvalue weighted by atomic mass is 32.2. The predicted octanol–water partition coefficient (Wildman–Crippen LogP) is 1.63. The topological polar surface area (TPSA) is 81.1 Å². The Morgan fingerprint density at radius 1 is 1.30 bits per heavy atom. The fraction of sp³-hybridized carbons (Fsp3) is 0.375. The van der Waals surface area contributed by atoms with E-state index in [0.717, 1.165) is 11.1 Å². The van der Waals surface area contributed by atoms with Gasteiger partial charge in [-0.1, -0.05) is 19.1 Å². The van der Waals surface area contributed by atoms with Gasteiger partial charge in [-0.3, -0.25) is 9.48 Å². The molecule has 0 fully saturated rings. The van der Waals surface area contributed by atoms with E-state index in [2.05, 4.69) is 10.4 Å². The van der Waals surface area contributed by atoms with Gasteiger partial charge in [0.05, 0.1) is 29.3 Å². The standard InChI is InChI=1S/C16H21N3O3S/c1-4-23(21,22)15-7-5-14(6-8-15)12(2)18-16(20)9-13-10-17-19(3)11-13/h5-8,10-12H,4,9H2,1-3H3,(H,18,20)/t12-/m1/s1. The molecule has 0 aliphatic carbocycles. The number of nitrogens with zero attached hydrogens (tertiary/aromatic N) is 2. The molecule has 1 amide bonds. The zero-order valence-electron chi connectivity index (χ0n) is 13.5. The molecule has 124 valence electrons.